The highest BCUT2D eigenvalue weighted by atomic mass is 19.4. The van der Waals surface area contributed by atoms with Crippen molar-refractivity contribution in [1.29, 1.82) is 0 Å². The van der Waals surface area contributed by atoms with Crippen LogP contribution in [0.2, 0.25) is 0 Å². The highest BCUT2D eigenvalue weighted by molar-refractivity contribution is 5.97. The number of para-hydroxylation sites is 1. The summed E-state index contributed by atoms with van der Waals surface area (Å²) < 4.78 is 38.1. The molecule has 2 rings (SSSR count). The van der Waals surface area contributed by atoms with Crippen LogP contribution in [0.25, 0.3) is 0 Å². The van der Waals surface area contributed by atoms with E-state index in [0.717, 1.165) is 23.1 Å². The summed E-state index contributed by atoms with van der Waals surface area (Å²) in [4.78, 5) is 22.1. The molecule has 0 unspecified atom stereocenters. The third-order valence-corrected chi connectivity index (χ3v) is 3.07. The Morgan fingerprint density at radius 3 is 2.48 bits per heavy atom. The highest BCUT2D eigenvalue weighted by Crippen LogP contribution is 2.40. The number of nitrogens with zero attached hydrogens (tertiary/aromatic N) is 2. The van der Waals surface area contributed by atoms with E-state index in [1.165, 1.54) is 0 Å². The Hall–Kier alpha value is -2.32. The summed E-state index contributed by atoms with van der Waals surface area (Å²) in [6, 6.07) is 2.69. The van der Waals surface area contributed by atoms with Crippen molar-refractivity contribution in [1.82, 2.24) is 0 Å². The lowest BCUT2D eigenvalue weighted by Crippen LogP contribution is -2.37. The molecule has 0 saturated heterocycles. The van der Waals surface area contributed by atoms with Crippen LogP contribution in [0.4, 0.5) is 24.5 Å². The first-order valence-electron chi connectivity index (χ1n) is 6.05. The lowest BCUT2D eigenvalue weighted by Gasteiger charge is -2.26. The van der Waals surface area contributed by atoms with Gasteiger partial charge in [-0.3, -0.25) is 10.1 Å². The monoisotopic (exact) mass is 304 g/mol. The maximum absolute atomic E-state index is 12.7. The second-order valence-corrected chi connectivity index (χ2v) is 4.71. The molecule has 0 spiro atoms. The summed E-state index contributed by atoms with van der Waals surface area (Å²) in [7, 11) is 0. The van der Waals surface area contributed by atoms with E-state index in [4.69, 9.17) is 5.11 Å². The van der Waals surface area contributed by atoms with Gasteiger partial charge >= 0.3 is 12.1 Å². The number of benzene rings is 1. The molecule has 1 saturated carbocycles. The van der Waals surface area contributed by atoms with Gasteiger partial charge in [0, 0.05) is 12.1 Å². The largest absolute Gasteiger partial charge is 0.478 e. The SMILES string of the molecule is O=C(O)c1cccc([N+](=O)[O-])c1N(CC(F)(F)F)C1CC1. The molecule has 0 aliphatic heterocycles. The first-order chi connectivity index (χ1) is 9.70. The van der Waals surface area contributed by atoms with Crippen molar-refractivity contribution in [2.75, 3.05) is 11.4 Å². The number of anilines is 1. The molecule has 1 aliphatic carbocycles. The van der Waals surface area contributed by atoms with Gasteiger partial charge in [-0.05, 0) is 18.9 Å². The van der Waals surface area contributed by atoms with Crippen molar-refractivity contribution in [3.05, 3.63) is 33.9 Å². The number of halogens is 3. The van der Waals surface area contributed by atoms with Gasteiger partial charge < -0.3 is 10.0 Å². The van der Waals surface area contributed by atoms with Crippen LogP contribution in [-0.4, -0.2) is 34.8 Å². The van der Waals surface area contributed by atoms with Gasteiger partial charge in [0.1, 0.15) is 12.2 Å². The minimum absolute atomic E-state index is 0.446. The number of carboxylic acids is 1. The average Bonchev–Trinajstić information content (AvgIpc) is 3.18. The molecule has 1 N–H and O–H groups in total. The number of hydrogen-bond donors (Lipinski definition) is 1. The van der Waals surface area contributed by atoms with Gasteiger partial charge in [0.05, 0.1) is 10.5 Å². The Morgan fingerprint density at radius 2 is 2.05 bits per heavy atom. The minimum Gasteiger partial charge on any atom is -0.478 e. The van der Waals surface area contributed by atoms with Gasteiger partial charge in [0.15, 0.2) is 0 Å². The van der Waals surface area contributed by atoms with Gasteiger partial charge in [-0.25, -0.2) is 4.79 Å². The summed E-state index contributed by atoms with van der Waals surface area (Å²) >= 11 is 0. The molecule has 0 amide bonds. The van der Waals surface area contributed by atoms with Crippen LogP contribution in [-0.2, 0) is 0 Å². The maximum atomic E-state index is 12.7. The summed E-state index contributed by atoms with van der Waals surface area (Å²) in [5.41, 5.74) is -1.61. The van der Waals surface area contributed by atoms with E-state index in [1.807, 2.05) is 0 Å². The van der Waals surface area contributed by atoms with Crippen molar-refractivity contribution in [2.24, 2.45) is 0 Å². The molecule has 1 aliphatic rings. The zero-order chi connectivity index (χ0) is 15.8. The molecule has 0 aromatic heterocycles. The Kier molecular flexibility index (Phi) is 3.75. The number of carboxylic acid groups (broad SMARTS) is 1. The lowest BCUT2D eigenvalue weighted by atomic mass is 10.1. The van der Waals surface area contributed by atoms with Gasteiger partial charge in [0.25, 0.3) is 5.69 Å². The van der Waals surface area contributed by atoms with Crippen molar-refractivity contribution < 1.29 is 28.0 Å². The molecule has 0 radical (unpaired) electrons. The summed E-state index contributed by atoms with van der Waals surface area (Å²) in [6.07, 6.45) is -3.69. The number of rotatable bonds is 5. The summed E-state index contributed by atoms with van der Waals surface area (Å²) in [5, 5.41) is 20.1. The molecule has 114 valence electrons. The number of aromatic carboxylic acids is 1. The predicted molar refractivity (Wildman–Crippen MR) is 66.5 cm³/mol. The average molecular weight is 304 g/mol. The van der Waals surface area contributed by atoms with Crippen LogP contribution in [0.15, 0.2) is 18.2 Å². The fourth-order valence-electron chi connectivity index (χ4n) is 2.12. The number of nitro benzene ring substituents is 1. The van der Waals surface area contributed by atoms with Crippen molar-refractivity contribution in [3.63, 3.8) is 0 Å². The Balaban J connectivity index is 2.56. The third-order valence-electron chi connectivity index (χ3n) is 3.07. The minimum atomic E-state index is -4.58. The molecule has 9 heteroatoms. The molecule has 1 fully saturated rings. The van der Waals surface area contributed by atoms with E-state index in [2.05, 4.69) is 0 Å². The van der Waals surface area contributed by atoms with E-state index in [-0.39, 0.29) is 0 Å². The molecule has 1 aromatic carbocycles. The first-order valence-corrected chi connectivity index (χ1v) is 6.05. The zero-order valence-corrected chi connectivity index (χ0v) is 10.6. The van der Waals surface area contributed by atoms with E-state index in [0.29, 0.717) is 12.8 Å². The smallest absolute Gasteiger partial charge is 0.405 e. The van der Waals surface area contributed by atoms with Crippen LogP contribution < -0.4 is 4.90 Å². The van der Waals surface area contributed by atoms with E-state index in [9.17, 15) is 28.1 Å². The van der Waals surface area contributed by atoms with Gasteiger partial charge in [-0.1, -0.05) is 6.07 Å². The second-order valence-electron chi connectivity index (χ2n) is 4.71. The lowest BCUT2D eigenvalue weighted by molar-refractivity contribution is -0.384. The Morgan fingerprint density at radius 1 is 1.43 bits per heavy atom. The van der Waals surface area contributed by atoms with Crippen LogP contribution in [0, 0.1) is 10.1 Å². The molecule has 1 aromatic rings. The number of carbonyl (C=O) groups is 1. The molecular weight excluding hydrogens is 293 g/mol. The van der Waals surface area contributed by atoms with Gasteiger partial charge in [0.2, 0.25) is 0 Å². The van der Waals surface area contributed by atoms with Crippen LogP contribution in [0.5, 0.6) is 0 Å². The molecule has 0 heterocycles. The van der Waals surface area contributed by atoms with E-state index in [1.54, 1.807) is 0 Å². The predicted octanol–water partition coefficient (Wildman–Crippen LogP) is 2.82. The molecular formula is C12H11F3N2O4. The summed E-state index contributed by atoms with van der Waals surface area (Å²) in [5.74, 6) is -1.50. The Bertz CT molecular complexity index is 552. The van der Waals surface area contributed by atoms with E-state index < -0.39 is 46.6 Å². The fraction of sp³-hybridized carbons (Fsp3) is 0.417. The first kappa shape index (κ1) is 15.1. The zero-order valence-electron chi connectivity index (χ0n) is 10.6. The third kappa shape index (κ3) is 3.41. The molecule has 0 atom stereocenters. The van der Waals surface area contributed by atoms with Crippen LogP contribution in [0.1, 0.15) is 23.2 Å². The number of nitro groups is 1. The maximum Gasteiger partial charge on any atom is 0.405 e. The number of hydrogen-bond acceptors (Lipinski definition) is 4. The normalized spacial score (nSPS) is 14.8. The van der Waals surface area contributed by atoms with Gasteiger partial charge in [-0.2, -0.15) is 13.2 Å². The standard InChI is InChI=1S/C12H11F3N2O4/c13-12(14,15)6-16(7-4-5-7)10-8(11(18)19)2-1-3-9(10)17(20)21/h1-3,7H,4-6H2,(H,18,19). The Labute approximate surface area is 116 Å². The van der Waals surface area contributed by atoms with Crippen molar-refractivity contribution in [3.8, 4) is 0 Å². The fourth-order valence-corrected chi connectivity index (χ4v) is 2.12. The van der Waals surface area contributed by atoms with Gasteiger partial charge in [-0.15, -0.1) is 0 Å². The van der Waals surface area contributed by atoms with E-state index >= 15 is 0 Å². The second kappa shape index (κ2) is 5.23. The van der Waals surface area contributed by atoms with Crippen LogP contribution >= 0.6 is 0 Å². The quantitative estimate of drug-likeness (QED) is 0.668. The molecule has 21 heavy (non-hydrogen) atoms. The van der Waals surface area contributed by atoms with Crippen LogP contribution in [0.3, 0.4) is 0 Å². The van der Waals surface area contributed by atoms with Crippen molar-refractivity contribution >= 4 is 17.3 Å². The summed E-state index contributed by atoms with van der Waals surface area (Å²) in [6.45, 7) is -1.41. The number of alkyl halides is 3. The molecule has 0 bridgehead atoms. The highest BCUT2D eigenvalue weighted by Gasteiger charge is 2.42. The topological polar surface area (TPSA) is 83.7 Å². The molecule has 6 nitrogen and oxygen atoms in total. The van der Waals surface area contributed by atoms with Crippen molar-refractivity contribution in [2.45, 2.75) is 25.1 Å².